The Morgan fingerprint density at radius 1 is 1.08 bits per heavy atom. The van der Waals surface area contributed by atoms with Crippen LogP contribution in [0.3, 0.4) is 0 Å². The Balaban J connectivity index is 1.87. The summed E-state index contributed by atoms with van der Waals surface area (Å²) in [6.07, 6.45) is 1.56. The maximum Gasteiger partial charge on any atom is 0.231 e. The molecule has 6 nitrogen and oxygen atoms in total. The first kappa shape index (κ1) is 14.9. The SMILES string of the molecule is COc1cc2occc2c2oc(-c3ccc4c(c3)OCO4)c(C)c(=O)c12. The summed E-state index contributed by atoms with van der Waals surface area (Å²) in [5.74, 6) is 2.21. The molecule has 0 amide bonds. The molecule has 5 rings (SSSR count). The van der Waals surface area contributed by atoms with Crippen molar-refractivity contribution in [2.45, 2.75) is 6.92 Å². The van der Waals surface area contributed by atoms with E-state index in [2.05, 4.69) is 0 Å². The highest BCUT2D eigenvalue weighted by molar-refractivity contribution is 6.05. The van der Waals surface area contributed by atoms with Crippen LogP contribution in [-0.2, 0) is 0 Å². The predicted octanol–water partition coefficient (Wildman–Crippen LogP) is 4.25. The van der Waals surface area contributed by atoms with E-state index in [9.17, 15) is 4.79 Å². The van der Waals surface area contributed by atoms with Gasteiger partial charge in [0, 0.05) is 17.2 Å². The van der Waals surface area contributed by atoms with Crippen molar-refractivity contribution in [2.24, 2.45) is 0 Å². The average molecular weight is 350 g/mol. The van der Waals surface area contributed by atoms with E-state index in [-0.39, 0.29) is 12.2 Å². The van der Waals surface area contributed by atoms with E-state index in [4.69, 9.17) is 23.0 Å². The minimum Gasteiger partial charge on any atom is -0.496 e. The predicted molar refractivity (Wildman–Crippen MR) is 95.1 cm³/mol. The number of benzene rings is 2. The van der Waals surface area contributed by atoms with Crippen LogP contribution in [0.15, 0.2) is 50.2 Å². The molecule has 130 valence electrons. The molecule has 4 aromatic rings. The third-order valence-corrected chi connectivity index (χ3v) is 4.64. The standard InChI is InChI=1S/C20H14O6/c1-10-18(21)17-16(22-2)8-14-12(5-6-23-14)20(17)26-19(10)11-3-4-13-15(7-11)25-9-24-13/h3-8H,9H2,1-2H3. The van der Waals surface area contributed by atoms with Gasteiger partial charge in [-0.25, -0.2) is 0 Å². The summed E-state index contributed by atoms with van der Waals surface area (Å²) < 4.78 is 27.8. The minimum absolute atomic E-state index is 0.140. The van der Waals surface area contributed by atoms with E-state index in [0.29, 0.717) is 45.1 Å². The van der Waals surface area contributed by atoms with Gasteiger partial charge in [0.15, 0.2) is 22.5 Å². The molecule has 0 aliphatic carbocycles. The lowest BCUT2D eigenvalue weighted by Gasteiger charge is -2.11. The van der Waals surface area contributed by atoms with Crippen LogP contribution < -0.4 is 19.6 Å². The molecule has 1 aliphatic rings. The smallest absolute Gasteiger partial charge is 0.231 e. The van der Waals surface area contributed by atoms with E-state index < -0.39 is 0 Å². The second kappa shape index (κ2) is 5.29. The van der Waals surface area contributed by atoms with E-state index in [0.717, 1.165) is 10.9 Å². The summed E-state index contributed by atoms with van der Waals surface area (Å²) in [6, 6.07) is 8.94. The molecule has 0 saturated heterocycles. The molecule has 0 radical (unpaired) electrons. The summed E-state index contributed by atoms with van der Waals surface area (Å²) in [4.78, 5) is 13.1. The Labute approximate surface area is 147 Å². The molecule has 0 bridgehead atoms. The van der Waals surface area contributed by atoms with Crippen LogP contribution in [0.2, 0.25) is 0 Å². The van der Waals surface area contributed by atoms with Crippen LogP contribution in [0.4, 0.5) is 0 Å². The van der Waals surface area contributed by atoms with Crippen molar-refractivity contribution in [3.05, 3.63) is 52.4 Å². The summed E-state index contributed by atoms with van der Waals surface area (Å²) in [6.45, 7) is 1.93. The number of hydrogen-bond donors (Lipinski definition) is 0. The number of ether oxygens (including phenoxy) is 3. The summed E-state index contributed by atoms with van der Waals surface area (Å²) in [5, 5.41) is 1.13. The maximum absolute atomic E-state index is 13.1. The van der Waals surface area contributed by atoms with Gasteiger partial charge < -0.3 is 23.0 Å². The third kappa shape index (κ3) is 1.95. The molecule has 2 aromatic heterocycles. The first-order chi connectivity index (χ1) is 12.7. The lowest BCUT2D eigenvalue weighted by molar-refractivity contribution is 0.174. The molecule has 0 N–H and O–H groups in total. The van der Waals surface area contributed by atoms with Crippen molar-refractivity contribution in [1.82, 2.24) is 0 Å². The van der Waals surface area contributed by atoms with Crippen LogP contribution in [0.25, 0.3) is 33.3 Å². The molecule has 26 heavy (non-hydrogen) atoms. The van der Waals surface area contributed by atoms with Gasteiger partial charge in [0.05, 0.1) is 18.8 Å². The Hall–Kier alpha value is -3.41. The van der Waals surface area contributed by atoms with Crippen LogP contribution in [-0.4, -0.2) is 13.9 Å². The van der Waals surface area contributed by atoms with Crippen LogP contribution in [0, 0.1) is 6.92 Å². The topological polar surface area (TPSA) is 71.0 Å². The Morgan fingerprint density at radius 3 is 2.77 bits per heavy atom. The van der Waals surface area contributed by atoms with Gasteiger partial charge in [0.25, 0.3) is 0 Å². The highest BCUT2D eigenvalue weighted by atomic mass is 16.7. The van der Waals surface area contributed by atoms with Crippen LogP contribution >= 0.6 is 0 Å². The molecule has 0 unspecified atom stereocenters. The van der Waals surface area contributed by atoms with Crippen molar-refractivity contribution in [1.29, 1.82) is 0 Å². The zero-order valence-corrected chi connectivity index (χ0v) is 14.1. The van der Waals surface area contributed by atoms with Gasteiger partial charge in [-0.1, -0.05) is 0 Å². The molecule has 6 heteroatoms. The van der Waals surface area contributed by atoms with Crippen molar-refractivity contribution in [2.75, 3.05) is 13.9 Å². The molecule has 0 spiro atoms. The highest BCUT2D eigenvalue weighted by Crippen LogP contribution is 2.39. The van der Waals surface area contributed by atoms with E-state index >= 15 is 0 Å². The largest absolute Gasteiger partial charge is 0.496 e. The first-order valence-electron chi connectivity index (χ1n) is 8.09. The Kier molecular flexibility index (Phi) is 3.03. The molecule has 1 aliphatic heterocycles. The fourth-order valence-corrected chi connectivity index (χ4v) is 3.32. The van der Waals surface area contributed by atoms with Crippen molar-refractivity contribution >= 4 is 21.9 Å². The van der Waals surface area contributed by atoms with E-state index in [1.54, 1.807) is 31.4 Å². The second-order valence-corrected chi connectivity index (χ2v) is 6.07. The molecular weight excluding hydrogens is 336 g/mol. The number of rotatable bonds is 2. The second-order valence-electron chi connectivity index (χ2n) is 6.07. The van der Waals surface area contributed by atoms with Crippen LogP contribution in [0.5, 0.6) is 17.2 Å². The number of hydrogen-bond acceptors (Lipinski definition) is 6. The van der Waals surface area contributed by atoms with Gasteiger partial charge in [-0.3, -0.25) is 4.79 Å². The van der Waals surface area contributed by atoms with Gasteiger partial charge in [0.1, 0.15) is 22.5 Å². The van der Waals surface area contributed by atoms with Crippen molar-refractivity contribution < 1.29 is 23.0 Å². The lowest BCUT2D eigenvalue weighted by Crippen LogP contribution is -2.08. The van der Waals surface area contributed by atoms with E-state index in [1.807, 2.05) is 12.1 Å². The Bertz CT molecular complexity index is 1230. The van der Waals surface area contributed by atoms with Crippen LogP contribution in [0.1, 0.15) is 5.56 Å². The average Bonchev–Trinajstić information content (AvgIpc) is 3.31. The first-order valence-corrected chi connectivity index (χ1v) is 8.09. The maximum atomic E-state index is 13.1. The molecule has 3 heterocycles. The third-order valence-electron chi connectivity index (χ3n) is 4.64. The Morgan fingerprint density at radius 2 is 1.92 bits per heavy atom. The zero-order chi connectivity index (χ0) is 17.8. The van der Waals surface area contributed by atoms with E-state index in [1.165, 1.54) is 7.11 Å². The van der Waals surface area contributed by atoms with Gasteiger partial charge in [-0.15, -0.1) is 0 Å². The quantitative estimate of drug-likeness (QED) is 0.538. The highest BCUT2D eigenvalue weighted by Gasteiger charge is 2.21. The molecule has 0 fully saturated rings. The molecule has 2 aromatic carbocycles. The normalized spacial score (nSPS) is 12.8. The van der Waals surface area contributed by atoms with Gasteiger partial charge in [0.2, 0.25) is 6.79 Å². The summed E-state index contributed by atoms with van der Waals surface area (Å²) >= 11 is 0. The fraction of sp³-hybridized carbons (Fsp3) is 0.150. The summed E-state index contributed by atoms with van der Waals surface area (Å²) in [7, 11) is 1.52. The van der Waals surface area contributed by atoms with Gasteiger partial charge in [-0.05, 0) is 31.2 Å². The monoisotopic (exact) mass is 350 g/mol. The zero-order valence-electron chi connectivity index (χ0n) is 14.1. The lowest BCUT2D eigenvalue weighted by atomic mass is 10.0. The minimum atomic E-state index is -0.140. The van der Waals surface area contributed by atoms with Crippen molar-refractivity contribution in [3.8, 4) is 28.6 Å². The fourth-order valence-electron chi connectivity index (χ4n) is 3.32. The van der Waals surface area contributed by atoms with Gasteiger partial charge in [-0.2, -0.15) is 0 Å². The molecule has 0 saturated carbocycles. The molecular formula is C20H14O6. The number of furan rings is 1. The van der Waals surface area contributed by atoms with Crippen molar-refractivity contribution in [3.63, 3.8) is 0 Å². The van der Waals surface area contributed by atoms with Gasteiger partial charge >= 0.3 is 0 Å². The summed E-state index contributed by atoms with van der Waals surface area (Å²) in [5.41, 5.74) is 2.14. The number of fused-ring (bicyclic) bond motifs is 4. The number of methoxy groups -OCH3 is 1. The molecule has 0 atom stereocenters.